The molecule has 2 aromatic rings. The Labute approximate surface area is 107 Å². The molecule has 0 fully saturated rings. The maximum absolute atomic E-state index is 10.7. The van der Waals surface area contributed by atoms with Crippen molar-refractivity contribution in [2.75, 3.05) is 0 Å². The fraction of sp³-hybridized carbons (Fsp3) is 0.167. The van der Waals surface area contributed by atoms with E-state index in [1.807, 2.05) is 24.3 Å². The topological polar surface area (TPSA) is 55.1 Å². The summed E-state index contributed by atoms with van der Waals surface area (Å²) >= 11 is 3.37. The fourth-order valence-electron chi connectivity index (χ4n) is 1.57. The molecule has 1 aromatic carbocycles. The van der Waals surface area contributed by atoms with Gasteiger partial charge in [0, 0.05) is 16.2 Å². The van der Waals surface area contributed by atoms with Crippen molar-refractivity contribution in [1.29, 1.82) is 0 Å². The number of rotatable bonds is 3. The van der Waals surface area contributed by atoms with Crippen LogP contribution in [0.4, 0.5) is 0 Å². The van der Waals surface area contributed by atoms with Crippen LogP contribution >= 0.6 is 15.9 Å². The van der Waals surface area contributed by atoms with Gasteiger partial charge >= 0.3 is 5.97 Å². The van der Waals surface area contributed by atoms with Crippen molar-refractivity contribution in [3.8, 4) is 11.3 Å². The van der Waals surface area contributed by atoms with E-state index >= 15 is 0 Å². The number of aromatic nitrogens is 2. The highest BCUT2D eigenvalue weighted by Crippen LogP contribution is 2.21. The summed E-state index contributed by atoms with van der Waals surface area (Å²) in [4.78, 5) is 15.0. The van der Waals surface area contributed by atoms with Gasteiger partial charge in [-0.05, 0) is 19.1 Å². The highest BCUT2D eigenvalue weighted by Gasteiger charge is 2.08. The number of imidazole rings is 1. The van der Waals surface area contributed by atoms with Crippen LogP contribution in [0.5, 0.6) is 0 Å². The first-order valence-electron chi connectivity index (χ1n) is 5.08. The van der Waals surface area contributed by atoms with Gasteiger partial charge in [-0.1, -0.05) is 28.1 Å². The van der Waals surface area contributed by atoms with Gasteiger partial charge in [-0.2, -0.15) is 0 Å². The van der Waals surface area contributed by atoms with Crippen molar-refractivity contribution in [2.24, 2.45) is 0 Å². The van der Waals surface area contributed by atoms with Gasteiger partial charge in [0.1, 0.15) is 12.4 Å². The first-order chi connectivity index (χ1) is 8.06. The first kappa shape index (κ1) is 11.9. The molecule has 0 amide bonds. The van der Waals surface area contributed by atoms with E-state index in [0.717, 1.165) is 15.7 Å². The predicted octanol–water partition coefficient (Wildman–Crippen LogP) is 2.71. The lowest BCUT2D eigenvalue weighted by Crippen LogP contribution is -2.08. The van der Waals surface area contributed by atoms with Gasteiger partial charge in [-0.15, -0.1) is 0 Å². The summed E-state index contributed by atoms with van der Waals surface area (Å²) in [6.45, 7) is 1.74. The lowest BCUT2D eigenvalue weighted by atomic mass is 10.2. The van der Waals surface area contributed by atoms with Crippen molar-refractivity contribution >= 4 is 21.9 Å². The average Bonchev–Trinajstić information content (AvgIpc) is 2.60. The molecule has 0 saturated carbocycles. The Balaban J connectivity index is 2.34. The Kier molecular flexibility index (Phi) is 3.28. The Bertz CT molecular complexity index is 546. The SMILES string of the molecule is Cc1nc(-c2ccc(Br)cc2)cn1CC(=O)O. The Hall–Kier alpha value is -1.62. The molecule has 0 unspecified atom stereocenters. The normalized spacial score (nSPS) is 10.5. The van der Waals surface area contributed by atoms with Crippen molar-refractivity contribution in [1.82, 2.24) is 9.55 Å². The van der Waals surface area contributed by atoms with Crippen LogP contribution in [-0.2, 0) is 11.3 Å². The second-order valence-electron chi connectivity index (χ2n) is 3.70. The van der Waals surface area contributed by atoms with Crippen molar-refractivity contribution in [2.45, 2.75) is 13.5 Å². The number of carboxylic acids is 1. The van der Waals surface area contributed by atoms with Crippen LogP contribution in [0.15, 0.2) is 34.9 Å². The summed E-state index contributed by atoms with van der Waals surface area (Å²) in [5, 5.41) is 8.75. The molecule has 2 rings (SSSR count). The fourth-order valence-corrected chi connectivity index (χ4v) is 1.84. The minimum Gasteiger partial charge on any atom is -0.480 e. The Morgan fingerprint density at radius 2 is 2.06 bits per heavy atom. The lowest BCUT2D eigenvalue weighted by molar-refractivity contribution is -0.137. The number of aryl methyl sites for hydroxylation is 1. The van der Waals surface area contributed by atoms with Gasteiger partial charge < -0.3 is 9.67 Å². The Morgan fingerprint density at radius 1 is 1.41 bits per heavy atom. The molecule has 88 valence electrons. The summed E-state index contributed by atoms with van der Waals surface area (Å²) in [7, 11) is 0. The van der Waals surface area contributed by atoms with E-state index in [1.165, 1.54) is 0 Å². The third kappa shape index (κ3) is 2.74. The number of carboxylic acid groups (broad SMARTS) is 1. The second kappa shape index (κ2) is 4.71. The maximum Gasteiger partial charge on any atom is 0.323 e. The van der Waals surface area contributed by atoms with Crippen LogP contribution in [0.25, 0.3) is 11.3 Å². The molecule has 0 atom stereocenters. The number of carbonyl (C=O) groups is 1. The van der Waals surface area contributed by atoms with Crippen molar-refractivity contribution < 1.29 is 9.90 Å². The molecule has 17 heavy (non-hydrogen) atoms. The quantitative estimate of drug-likeness (QED) is 0.947. The minimum atomic E-state index is -0.868. The van der Waals surface area contributed by atoms with Crippen molar-refractivity contribution in [3.05, 3.63) is 40.8 Å². The highest BCUT2D eigenvalue weighted by atomic mass is 79.9. The van der Waals surface area contributed by atoms with Gasteiger partial charge in [-0.25, -0.2) is 4.98 Å². The highest BCUT2D eigenvalue weighted by molar-refractivity contribution is 9.10. The Morgan fingerprint density at radius 3 is 2.65 bits per heavy atom. The summed E-state index contributed by atoms with van der Waals surface area (Å²) in [6.07, 6.45) is 1.76. The molecule has 4 nitrogen and oxygen atoms in total. The van der Waals surface area contributed by atoms with Gasteiger partial charge in [0.05, 0.1) is 5.69 Å². The number of hydrogen-bond donors (Lipinski definition) is 1. The average molecular weight is 295 g/mol. The second-order valence-corrected chi connectivity index (χ2v) is 4.62. The van der Waals surface area contributed by atoms with Crippen LogP contribution in [0.1, 0.15) is 5.82 Å². The molecule has 5 heteroatoms. The van der Waals surface area contributed by atoms with E-state index < -0.39 is 5.97 Å². The standard InChI is InChI=1S/C12H11BrN2O2/c1-8-14-11(6-15(8)7-12(16)17)9-2-4-10(13)5-3-9/h2-6H,7H2,1H3,(H,16,17). The summed E-state index contributed by atoms with van der Waals surface area (Å²) in [6, 6.07) is 7.75. The molecular formula is C12H11BrN2O2. The number of halogens is 1. The molecule has 1 aromatic heterocycles. The van der Waals surface area contributed by atoms with Crippen LogP contribution in [0.3, 0.4) is 0 Å². The molecule has 0 spiro atoms. The van der Waals surface area contributed by atoms with Gasteiger partial charge in [-0.3, -0.25) is 4.79 Å². The number of hydrogen-bond acceptors (Lipinski definition) is 2. The van der Waals surface area contributed by atoms with Gasteiger partial charge in [0.2, 0.25) is 0 Å². The van der Waals surface area contributed by atoms with E-state index in [4.69, 9.17) is 5.11 Å². The molecule has 0 aliphatic rings. The molecular weight excluding hydrogens is 284 g/mol. The van der Waals surface area contributed by atoms with Crippen LogP contribution in [0, 0.1) is 6.92 Å². The molecule has 0 saturated heterocycles. The third-order valence-corrected chi connectivity index (χ3v) is 2.95. The molecule has 0 radical (unpaired) electrons. The maximum atomic E-state index is 10.7. The van der Waals surface area contributed by atoms with Crippen LogP contribution in [-0.4, -0.2) is 20.6 Å². The third-order valence-electron chi connectivity index (χ3n) is 2.42. The largest absolute Gasteiger partial charge is 0.480 e. The zero-order chi connectivity index (χ0) is 12.4. The van der Waals surface area contributed by atoms with Crippen LogP contribution < -0.4 is 0 Å². The lowest BCUT2D eigenvalue weighted by Gasteiger charge is -1.98. The smallest absolute Gasteiger partial charge is 0.323 e. The summed E-state index contributed by atoms with van der Waals surface area (Å²) in [5.74, 6) is -0.168. The zero-order valence-electron chi connectivity index (χ0n) is 9.22. The molecule has 0 aliphatic heterocycles. The van der Waals surface area contributed by atoms with E-state index in [1.54, 1.807) is 17.7 Å². The van der Waals surface area contributed by atoms with E-state index in [0.29, 0.717) is 5.82 Å². The molecule has 1 heterocycles. The summed E-state index contributed by atoms with van der Waals surface area (Å²) in [5.41, 5.74) is 1.76. The monoisotopic (exact) mass is 294 g/mol. The van der Waals surface area contributed by atoms with E-state index in [2.05, 4.69) is 20.9 Å². The zero-order valence-corrected chi connectivity index (χ0v) is 10.8. The number of aliphatic carboxylic acids is 1. The van der Waals surface area contributed by atoms with Gasteiger partial charge in [0.15, 0.2) is 0 Å². The van der Waals surface area contributed by atoms with Crippen molar-refractivity contribution in [3.63, 3.8) is 0 Å². The van der Waals surface area contributed by atoms with Gasteiger partial charge in [0.25, 0.3) is 0 Å². The summed E-state index contributed by atoms with van der Waals surface area (Å²) < 4.78 is 2.63. The predicted molar refractivity (Wildman–Crippen MR) is 67.7 cm³/mol. The first-order valence-corrected chi connectivity index (χ1v) is 5.87. The molecule has 0 bridgehead atoms. The number of nitrogens with zero attached hydrogens (tertiary/aromatic N) is 2. The van der Waals surface area contributed by atoms with Crippen LogP contribution in [0.2, 0.25) is 0 Å². The molecule has 1 N–H and O–H groups in total. The minimum absolute atomic E-state index is 0.0602. The molecule has 0 aliphatic carbocycles. The number of benzene rings is 1. The van der Waals surface area contributed by atoms with E-state index in [9.17, 15) is 4.79 Å². The van der Waals surface area contributed by atoms with E-state index in [-0.39, 0.29) is 6.54 Å².